The van der Waals surface area contributed by atoms with E-state index in [2.05, 4.69) is 37.3 Å². The molecule has 1 heterocycles. The molecule has 0 unspecified atom stereocenters. The normalized spacial score (nSPS) is 11.3. The molecule has 1 aromatic carbocycles. The standard InChI is InChI=1S/C17H25N5O/c1-18-17(20-9-3-12-22-13-11-19-14-22)21-10-8-15-4-6-16(23-2)7-5-15/h4-7,11,13-14H,3,8-10,12H2,1-2H3,(H2,18,20,21). The van der Waals surface area contributed by atoms with Crippen molar-refractivity contribution in [3.8, 4) is 5.75 Å². The maximum Gasteiger partial charge on any atom is 0.190 e. The fourth-order valence-corrected chi connectivity index (χ4v) is 2.23. The molecule has 0 amide bonds. The van der Waals surface area contributed by atoms with Crippen molar-refractivity contribution in [1.82, 2.24) is 20.2 Å². The molecule has 2 aromatic rings. The molecule has 2 rings (SSSR count). The summed E-state index contributed by atoms with van der Waals surface area (Å²) in [5.74, 6) is 1.72. The summed E-state index contributed by atoms with van der Waals surface area (Å²) in [4.78, 5) is 8.27. The number of methoxy groups -OCH3 is 1. The number of imidazole rings is 1. The van der Waals surface area contributed by atoms with Gasteiger partial charge in [-0.3, -0.25) is 4.99 Å². The smallest absolute Gasteiger partial charge is 0.190 e. The zero-order valence-electron chi connectivity index (χ0n) is 13.8. The van der Waals surface area contributed by atoms with Gasteiger partial charge in [0.1, 0.15) is 5.75 Å². The minimum atomic E-state index is 0.837. The Balaban J connectivity index is 1.62. The van der Waals surface area contributed by atoms with Gasteiger partial charge in [-0.2, -0.15) is 0 Å². The van der Waals surface area contributed by atoms with E-state index in [4.69, 9.17) is 4.74 Å². The van der Waals surface area contributed by atoms with Crippen LogP contribution in [0, 0.1) is 0 Å². The third-order valence-electron chi connectivity index (χ3n) is 3.53. The summed E-state index contributed by atoms with van der Waals surface area (Å²) in [6.45, 7) is 2.67. The van der Waals surface area contributed by atoms with Crippen molar-refractivity contribution in [3.63, 3.8) is 0 Å². The van der Waals surface area contributed by atoms with Crippen LogP contribution in [0.25, 0.3) is 0 Å². The van der Waals surface area contributed by atoms with Gasteiger partial charge in [0.2, 0.25) is 0 Å². The average Bonchev–Trinajstić information content (AvgIpc) is 3.11. The number of aryl methyl sites for hydroxylation is 1. The number of ether oxygens (including phenoxy) is 1. The number of rotatable bonds is 8. The molecule has 0 aliphatic carbocycles. The SMILES string of the molecule is CN=C(NCCCn1ccnc1)NCCc1ccc(OC)cc1. The van der Waals surface area contributed by atoms with Gasteiger partial charge in [0.25, 0.3) is 0 Å². The quantitative estimate of drug-likeness (QED) is 0.442. The van der Waals surface area contributed by atoms with Gasteiger partial charge in [0, 0.05) is 39.1 Å². The van der Waals surface area contributed by atoms with Crippen LogP contribution >= 0.6 is 0 Å². The Hall–Kier alpha value is -2.50. The maximum atomic E-state index is 5.16. The summed E-state index contributed by atoms with van der Waals surface area (Å²) in [5, 5.41) is 6.65. The summed E-state index contributed by atoms with van der Waals surface area (Å²) in [6.07, 6.45) is 7.58. The summed E-state index contributed by atoms with van der Waals surface area (Å²) in [5.41, 5.74) is 1.27. The number of hydrogen-bond acceptors (Lipinski definition) is 3. The number of aromatic nitrogens is 2. The summed E-state index contributed by atoms with van der Waals surface area (Å²) < 4.78 is 7.23. The largest absolute Gasteiger partial charge is 0.497 e. The zero-order chi connectivity index (χ0) is 16.3. The summed E-state index contributed by atoms with van der Waals surface area (Å²) in [7, 11) is 3.47. The van der Waals surface area contributed by atoms with Gasteiger partial charge < -0.3 is 19.9 Å². The zero-order valence-corrected chi connectivity index (χ0v) is 13.8. The highest BCUT2D eigenvalue weighted by atomic mass is 16.5. The van der Waals surface area contributed by atoms with Crippen LogP contribution in [0.4, 0.5) is 0 Å². The van der Waals surface area contributed by atoms with E-state index in [1.165, 1.54) is 5.56 Å². The Morgan fingerprint density at radius 1 is 1.22 bits per heavy atom. The van der Waals surface area contributed by atoms with Crippen molar-refractivity contribution in [2.24, 2.45) is 4.99 Å². The molecule has 0 saturated carbocycles. The second-order valence-corrected chi connectivity index (χ2v) is 5.18. The van der Waals surface area contributed by atoms with Gasteiger partial charge in [0.05, 0.1) is 13.4 Å². The van der Waals surface area contributed by atoms with Crippen LogP contribution in [0.1, 0.15) is 12.0 Å². The van der Waals surface area contributed by atoms with Gasteiger partial charge in [-0.25, -0.2) is 4.98 Å². The van der Waals surface area contributed by atoms with E-state index in [0.717, 1.165) is 44.2 Å². The van der Waals surface area contributed by atoms with E-state index < -0.39 is 0 Å². The predicted molar refractivity (Wildman–Crippen MR) is 92.9 cm³/mol. The van der Waals surface area contributed by atoms with Crippen molar-refractivity contribution in [3.05, 3.63) is 48.5 Å². The second kappa shape index (κ2) is 9.50. The van der Waals surface area contributed by atoms with Crippen LogP contribution in [0.5, 0.6) is 5.75 Å². The lowest BCUT2D eigenvalue weighted by Crippen LogP contribution is -2.38. The molecular formula is C17H25N5O. The third-order valence-corrected chi connectivity index (χ3v) is 3.53. The number of aliphatic imine (C=N–C) groups is 1. The van der Waals surface area contributed by atoms with Crippen LogP contribution in [0.3, 0.4) is 0 Å². The lowest BCUT2D eigenvalue weighted by molar-refractivity contribution is 0.414. The van der Waals surface area contributed by atoms with Crippen molar-refractivity contribution >= 4 is 5.96 Å². The minimum Gasteiger partial charge on any atom is -0.497 e. The molecule has 0 spiro atoms. The van der Waals surface area contributed by atoms with Crippen molar-refractivity contribution in [1.29, 1.82) is 0 Å². The fraction of sp³-hybridized carbons (Fsp3) is 0.412. The highest BCUT2D eigenvalue weighted by Gasteiger charge is 1.99. The van der Waals surface area contributed by atoms with Crippen LogP contribution < -0.4 is 15.4 Å². The van der Waals surface area contributed by atoms with Crippen LogP contribution in [0.2, 0.25) is 0 Å². The minimum absolute atomic E-state index is 0.837. The number of guanidine groups is 1. The number of hydrogen-bond donors (Lipinski definition) is 2. The average molecular weight is 315 g/mol. The topological polar surface area (TPSA) is 63.5 Å². The molecular weight excluding hydrogens is 290 g/mol. The highest BCUT2D eigenvalue weighted by molar-refractivity contribution is 5.79. The first-order valence-electron chi connectivity index (χ1n) is 7.85. The summed E-state index contributed by atoms with van der Waals surface area (Å²) >= 11 is 0. The first-order chi connectivity index (χ1) is 11.3. The van der Waals surface area contributed by atoms with Crippen molar-refractivity contribution in [2.45, 2.75) is 19.4 Å². The van der Waals surface area contributed by atoms with Gasteiger partial charge in [-0.15, -0.1) is 0 Å². The molecule has 0 aliphatic heterocycles. The molecule has 0 fully saturated rings. The van der Waals surface area contributed by atoms with E-state index >= 15 is 0 Å². The Morgan fingerprint density at radius 2 is 2.00 bits per heavy atom. The molecule has 6 nitrogen and oxygen atoms in total. The lowest BCUT2D eigenvalue weighted by atomic mass is 10.1. The summed E-state index contributed by atoms with van der Waals surface area (Å²) in [6, 6.07) is 8.14. The van der Waals surface area contributed by atoms with E-state index in [1.54, 1.807) is 20.4 Å². The molecule has 0 bridgehead atoms. The molecule has 1 aromatic heterocycles. The Kier molecular flexibility index (Phi) is 6.97. The number of nitrogens with one attached hydrogen (secondary N) is 2. The second-order valence-electron chi connectivity index (χ2n) is 5.18. The fourth-order valence-electron chi connectivity index (χ4n) is 2.23. The van der Waals surface area contributed by atoms with Crippen LogP contribution in [-0.4, -0.2) is 42.8 Å². The Bertz CT molecular complexity index is 578. The van der Waals surface area contributed by atoms with Crippen LogP contribution in [0.15, 0.2) is 48.0 Å². The molecule has 0 saturated heterocycles. The molecule has 0 radical (unpaired) electrons. The molecule has 0 atom stereocenters. The van der Waals surface area contributed by atoms with Crippen LogP contribution in [-0.2, 0) is 13.0 Å². The first kappa shape index (κ1) is 16.9. The molecule has 2 N–H and O–H groups in total. The number of nitrogens with zero attached hydrogens (tertiary/aromatic N) is 3. The number of benzene rings is 1. The maximum absolute atomic E-state index is 5.16. The monoisotopic (exact) mass is 315 g/mol. The molecule has 23 heavy (non-hydrogen) atoms. The molecule has 0 aliphatic rings. The van der Waals surface area contributed by atoms with E-state index in [1.807, 2.05) is 24.7 Å². The van der Waals surface area contributed by atoms with Gasteiger partial charge >= 0.3 is 0 Å². The third kappa shape index (κ3) is 6.02. The van der Waals surface area contributed by atoms with Gasteiger partial charge in [-0.05, 0) is 30.5 Å². The van der Waals surface area contributed by atoms with Crippen molar-refractivity contribution in [2.75, 3.05) is 27.2 Å². The van der Waals surface area contributed by atoms with Gasteiger partial charge in [0.15, 0.2) is 5.96 Å². The Morgan fingerprint density at radius 3 is 2.65 bits per heavy atom. The predicted octanol–water partition coefficient (Wildman–Crippen LogP) is 1.69. The molecule has 6 heteroatoms. The van der Waals surface area contributed by atoms with Gasteiger partial charge in [-0.1, -0.05) is 12.1 Å². The molecule has 124 valence electrons. The van der Waals surface area contributed by atoms with E-state index in [9.17, 15) is 0 Å². The highest BCUT2D eigenvalue weighted by Crippen LogP contribution is 2.11. The van der Waals surface area contributed by atoms with E-state index in [-0.39, 0.29) is 0 Å². The lowest BCUT2D eigenvalue weighted by Gasteiger charge is -2.12. The Labute approximate surface area is 137 Å². The van der Waals surface area contributed by atoms with Crippen molar-refractivity contribution < 1.29 is 4.74 Å². The van der Waals surface area contributed by atoms with E-state index in [0.29, 0.717) is 0 Å². The first-order valence-corrected chi connectivity index (χ1v) is 7.85.